The van der Waals surface area contributed by atoms with Gasteiger partial charge in [-0.05, 0) is 6.07 Å². The Balaban J connectivity index is 2.14. The first-order chi connectivity index (χ1) is 15.0. The maximum absolute atomic E-state index is 13.4. The lowest BCUT2D eigenvalue weighted by atomic mass is 10.1. The van der Waals surface area contributed by atoms with Gasteiger partial charge in [0.1, 0.15) is 17.7 Å². The fourth-order valence-electron chi connectivity index (χ4n) is 3.41. The molecule has 0 N–H and O–H groups in total. The maximum Gasteiger partial charge on any atom is 0.339 e. The highest BCUT2D eigenvalue weighted by Crippen LogP contribution is 2.29. The molecule has 4 aromatic rings. The SMILES string of the molecule is C=C/C=C(\C(=C)Cl)c1cc2c(=O)n(-c3cncc4ccccc34)c(=O)n(CC#N)c2o1. The molecular weight excluding hydrogens is 416 g/mol. The Labute approximate surface area is 181 Å². The molecule has 0 saturated carbocycles. The summed E-state index contributed by atoms with van der Waals surface area (Å²) in [5.74, 6) is 0.229. The van der Waals surface area contributed by atoms with Gasteiger partial charge in [0, 0.05) is 27.6 Å². The minimum atomic E-state index is -0.711. The second kappa shape index (κ2) is 7.94. The number of benzene rings is 1. The van der Waals surface area contributed by atoms with Crippen molar-refractivity contribution < 1.29 is 4.42 Å². The van der Waals surface area contributed by atoms with E-state index in [1.165, 1.54) is 18.3 Å². The first-order valence-corrected chi connectivity index (χ1v) is 9.53. The molecule has 31 heavy (non-hydrogen) atoms. The second-order valence-electron chi connectivity index (χ2n) is 6.60. The third-order valence-electron chi connectivity index (χ3n) is 4.77. The van der Waals surface area contributed by atoms with E-state index in [4.69, 9.17) is 16.0 Å². The zero-order chi connectivity index (χ0) is 22.1. The molecule has 0 bridgehead atoms. The van der Waals surface area contributed by atoms with Crippen molar-refractivity contribution in [1.29, 1.82) is 5.26 Å². The third kappa shape index (κ3) is 3.29. The summed E-state index contributed by atoms with van der Waals surface area (Å²) in [6.07, 6.45) is 6.16. The number of nitrogens with zero attached hydrogens (tertiary/aromatic N) is 4. The number of fused-ring (bicyclic) bond motifs is 2. The van der Waals surface area contributed by atoms with Crippen LogP contribution in [0.15, 0.2) is 87.1 Å². The number of allylic oxidation sites excluding steroid dienone is 4. The summed E-state index contributed by atoms with van der Waals surface area (Å²) in [4.78, 5) is 30.8. The molecule has 152 valence electrons. The van der Waals surface area contributed by atoms with Crippen LogP contribution in [0.4, 0.5) is 0 Å². The van der Waals surface area contributed by atoms with Gasteiger partial charge in [-0.3, -0.25) is 9.78 Å². The Morgan fingerprint density at radius 1 is 1.26 bits per heavy atom. The highest BCUT2D eigenvalue weighted by Gasteiger charge is 2.21. The number of hydrogen-bond donors (Lipinski definition) is 0. The number of rotatable bonds is 5. The van der Waals surface area contributed by atoms with Crippen LogP contribution in [0.2, 0.25) is 0 Å². The predicted molar refractivity (Wildman–Crippen MR) is 120 cm³/mol. The Hall–Kier alpha value is -4.15. The van der Waals surface area contributed by atoms with Gasteiger partial charge in [0.25, 0.3) is 5.56 Å². The quantitative estimate of drug-likeness (QED) is 0.443. The van der Waals surface area contributed by atoms with Crippen molar-refractivity contribution in [3.8, 4) is 11.8 Å². The molecular formula is C23H15ClN4O3. The fraction of sp³-hybridized carbons (Fsp3) is 0.0435. The molecule has 0 unspecified atom stereocenters. The van der Waals surface area contributed by atoms with E-state index in [9.17, 15) is 14.9 Å². The van der Waals surface area contributed by atoms with E-state index in [0.717, 1.165) is 14.5 Å². The molecule has 0 radical (unpaired) electrons. The first-order valence-electron chi connectivity index (χ1n) is 9.15. The number of pyridine rings is 1. The Morgan fingerprint density at radius 2 is 2.03 bits per heavy atom. The van der Waals surface area contributed by atoms with Crippen molar-refractivity contribution in [3.05, 3.63) is 99.7 Å². The van der Waals surface area contributed by atoms with Gasteiger partial charge in [-0.15, -0.1) is 0 Å². The lowest BCUT2D eigenvalue weighted by Crippen LogP contribution is -2.38. The van der Waals surface area contributed by atoms with Gasteiger partial charge in [-0.2, -0.15) is 5.26 Å². The van der Waals surface area contributed by atoms with Crippen LogP contribution in [0, 0.1) is 11.3 Å². The highest BCUT2D eigenvalue weighted by atomic mass is 35.5. The molecule has 8 heteroatoms. The predicted octanol–water partition coefficient (Wildman–Crippen LogP) is 4.14. The van der Waals surface area contributed by atoms with Crippen LogP contribution in [-0.4, -0.2) is 14.1 Å². The zero-order valence-electron chi connectivity index (χ0n) is 16.2. The maximum atomic E-state index is 13.4. The average molecular weight is 431 g/mol. The summed E-state index contributed by atoms with van der Waals surface area (Å²) in [5, 5.41) is 11.0. The fourth-order valence-corrected chi connectivity index (χ4v) is 3.56. The number of hydrogen-bond acceptors (Lipinski definition) is 5. The summed E-state index contributed by atoms with van der Waals surface area (Å²) in [6, 6.07) is 10.7. The number of halogens is 1. The minimum Gasteiger partial charge on any atom is -0.439 e. The minimum absolute atomic E-state index is 0.0242. The smallest absolute Gasteiger partial charge is 0.339 e. The lowest BCUT2D eigenvalue weighted by molar-refractivity contribution is 0.549. The van der Waals surface area contributed by atoms with E-state index in [1.54, 1.807) is 24.4 Å². The van der Waals surface area contributed by atoms with Crippen molar-refractivity contribution in [1.82, 2.24) is 14.1 Å². The molecule has 1 aromatic carbocycles. The lowest BCUT2D eigenvalue weighted by Gasteiger charge is -2.10. The average Bonchev–Trinajstić information content (AvgIpc) is 3.20. The molecule has 0 fully saturated rings. The second-order valence-corrected chi connectivity index (χ2v) is 7.05. The van der Waals surface area contributed by atoms with Crippen LogP contribution in [0.1, 0.15) is 5.76 Å². The summed E-state index contributed by atoms with van der Waals surface area (Å²) in [6.45, 7) is 7.01. The Bertz CT molecular complexity index is 1560. The van der Waals surface area contributed by atoms with Gasteiger partial charge in [-0.25, -0.2) is 13.9 Å². The van der Waals surface area contributed by atoms with Crippen LogP contribution in [0.3, 0.4) is 0 Å². The van der Waals surface area contributed by atoms with Crippen LogP contribution in [0.25, 0.3) is 33.1 Å². The number of nitriles is 1. The molecule has 0 aliphatic rings. The molecule has 0 atom stereocenters. The van der Waals surface area contributed by atoms with Crippen molar-refractivity contribution in [2.45, 2.75) is 6.54 Å². The third-order valence-corrected chi connectivity index (χ3v) is 4.98. The summed E-state index contributed by atoms with van der Waals surface area (Å²) < 4.78 is 7.89. The Kier molecular flexibility index (Phi) is 5.15. The molecule has 4 rings (SSSR count). The molecule has 0 amide bonds. The van der Waals surface area contributed by atoms with Crippen LogP contribution in [-0.2, 0) is 6.54 Å². The van der Waals surface area contributed by atoms with E-state index in [2.05, 4.69) is 18.1 Å². The van der Waals surface area contributed by atoms with Gasteiger partial charge < -0.3 is 4.42 Å². The van der Waals surface area contributed by atoms with Crippen LogP contribution >= 0.6 is 11.6 Å². The molecule has 0 aliphatic heterocycles. The first kappa shape index (κ1) is 20.1. The van der Waals surface area contributed by atoms with Gasteiger partial charge in [0.15, 0.2) is 0 Å². The molecule has 0 saturated heterocycles. The van der Waals surface area contributed by atoms with E-state index in [1.807, 2.05) is 18.2 Å². The zero-order valence-corrected chi connectivity index (χ0v) is 17.0. The van der Waals surface area contributed by atoms with E-state index >= 15 is 0 Å². The van der Waals surface area contributed by atoms with Crippen molar-refractivity contribution in [3.63, 3.8) is 0 Å². The van der Waals surface area contributed by atoms with Crippen LogP contribution in [0.5, 0.6) is 0 Å². The summed E-state index contributed by atoms with van der Waals surface area (Å²) >= 11 is 6.07. The van der Waals surface area contributed by atoms with Gasteiger partial charge in [0.2, 0.25) is 5.71 Å². The highest BCUT2D eigenvalue weighted by molar-refractivity contribution is 6.36. The van der Waals surface area contributed by atoms with Crippen molar-refractivity contribution in [2.75, 3.05) is 0 Å². The topological polar surface area (TPSA) is 93.8 Å². The Morgan fingerprint density at radius 3 is 2.74 bits per heavy atom. The number of aromatic nitrogens is 3. The van der Waals surface area contributed by atoms with E-state index in [-0.39, 0.29) is 28.4 Å². The van der Waals surface area contributed by atoms with Gasteiger partial charge in [-0.1, -0.05) is 61.2 Å². The molecule has 7 nitrogen and oxygen atoms in total. The molecule has 3 heterocycles. The summed E-state index contributed by atoms with van der Waals surface area (Å²) in [7, 11) is 0. The van der Waals surface area contributed by atoms with Gasteiger partial charge >= 0.3 is 5.69 Å². The van der Waals surface area contributed by atoms with Crippen LogP contribution < -0.4 is 11.2 Å². The standard InChI is InChI=1S/C23H15ClN4O3/c1-3-6-16(14(2)24)20-11-18-21(29)28(23(30)27(10-9-25)22(18)31-20)19-13-26-12-15-7-4-5-8-17(15)19/h3-8,11-13H,1-2,10H2/b16-6+. The molecule has 3 aromatic heterocycles. The normalized spacial score (nSPS) is 11.5. The number of furan rings is 1. The summed E-state index contributed by atoms with van der Waals surface area (Å²) in [5.41, 5.74) is -0.615. The molecule has 0 spiro atoms. The van der Waals surface area contributed by atoms with E-state index < -0.39 is 11.2 Å². The molecule has 0 aliphatic carbocycles. The van der Waals surface area contributed by atoms with Crippen molar-refractivity contribution >= 4 is 39.0 Å². The largest absolute Gasteiger partial charge is 0.439 e. The van der Waals surface area contributed by atoms with Crippen molar-refractivity contribution in [2.24, 2.45) is 0 Å². The monoisotopic (exact) mass is 430 g/mol. The van der Waals surface area contributed by atoms with Gasteiger partial charge in [0.05, 0.1) is 18.0 Å². The van der Waals surface area contributed by atoms with E-state index in [0.29, 0.717) is 16.6 Å².